The molecule has 0 aliphatic carbocycles. The standard InChI is InChI=1S/C15H31IOSi/c1-6-10-12-15(5,13-11-14-16)17-18(7-2,8-3)9-4/h11,14H,6-10,12-13H2,1-5H3/t15-/m0/s1. The predicted molar refractivity (Wildman–Crippen MR) is 94.0 cm³/mol. The average molecular weight is 382 g/mol. The van der Waals surface area contributed by atoms with Gasteiger partial charge in [0, 0.05) is 0 Å². The summed E-state index contributed by atoms with van der Waals surface area (Å²) in [4.78, 5) is 0. The van der Waals surface area contributed by atoms with Crippen molar-refractivity contribution in [1.29, 1.82) is 0 Å². The molecule has 0 aromatic heterocycles. The first-order chi connectivity index (χ1) is 8.51. The van der Waals surface area contributed by atoms with Crippen LogP contribution in [0.4, 0.5) is 0 Å². The number of hydrogen-bond acceptors (Lipinski definition) is 1. The Balaban J connectivity index is 4.83. The van der Waals surface area contributed by atoms with Gasteiger partial charge in [-0.3, -0.25) is 0 Å². The molecule has 0 radical (unpaired) electrons. The second-order valence-corrected chi connectivity index (χ2v) is 10.9. The molecule has 0 aromatic rings. The minimum atomic E-state index is -1.49. The predicted octanol–water partition coefficient (Wildman–Crippen LogP) is 6.30. The Bertz CT molecular complexity index is 230. The van der Waals surface area contributed by atoms with Crippen LogP contribution in [0, 0.1) is 0 Å². The fourth-order valence-corrected chi connectivity index (χ4v) is 5.95. The van der Waals surface area contributed by atoms with Gasteiger partial charge in [-0.15, -0.1) is 0 Å². The monoisotopic (exact) mass is 382 g/mol. The third-order valence-electron chi connectivity index (χ3n) is 4.09. The second-order valence-electron chi connectivity index (χ2n) is 5.47. The summed E-state index contributed by atoms with van der Waals surface area (Å²) in [5.41, 5.74) is 0.0614. The molecule has 0 aliphatic heterocycles. The summed E-state index contributed by atoms with van der Waals surface area (Å²) in [6.45, 7) is 11.5. The zero-order valence-electron chi connectivity index (χ0n) is 12.9. The molecule has 0 fully saturated rings. The van der Waals surface area contributed by atoms with E-state index in [2.05, 4.69) is 67.4 Å². The molecule has 1 nitrogen and oxygen atoms in total. The van der Waals surface area contributed by atoms with Crippen LogP contribution in [-0.4, -0.2) is 13.9 Å². The molecule has 0 heterocycles. The molecule has 0 N–H and O–H groups in total. The topological polar surface area (TPSA) is 9.23 Å². The number of unbranched alkanes of at least 4 members (excludes halogenated alkanes) is 1. The lowest BCUT2D eigenvalue weighted by Crippen LogP contribution is -2.45. The first kappa shape index (κ1) is 18.6. The van der Waals surface area contributed by atoms with Crippen molar-refractivity contribution in [2.45, 2.75) is 84.0 Å². The van der Waals surface area contributed by atoms with Crippen LogP contribution in [-0.2, 0) is 4.43 Å². The van der Waals surface area contributed by atoms with Crippen LogP contribution in [0.1, 0.15) is 60.3 Å². The maximum Gasteiger partial charge on any atom is 0.192 e. The lowest BCUT2D eigenvalue weighted by Gasteiger charge is -2.40. The third kappa shape index (κ3) is 6.20. The molecule has 0 saturated carbocycles. The molecule has 0 saturated heterocycles. The van der Waals surface area contributed by atoms with Crippen LogP contribution in [0.5, 0.6) is 0 Å². The van der Waals surface area contributed by atoms with Crippen molar-refractivity contribution in [3.8, 4) is 0 Å². The molecular weight excluding hydrogens is 351 g/mol. The fourth-order valence-electron chi connectivity index (χ4n) is 2.53. The Kier molecular flexibility index (Phi) is 9.88. The minimum Gasteiger partial charge on any atom is -0.411 e. The van der Waals surface area contributed by atoms with Crippen LogP contribution in [0.15, 0.2) is 10.2 Å². The molecule has 0 spiro atoms. The molecule has 18 heavy (non-hydrogen) atoms. The molecule has 3 heteroatoms. The van der Waals surface area contributed by atoms with Crippen molar-refractivity contribution in [3.05, 3.63) is 10.2 Å². The Labute approximate surface area is 129 Å². The highest BCUT2D eigenvalue weighted by Gasteiger charge is 2.36. The van der Waals surface area contributed by atoms with E-state index in [0.717, 1.165) is 6.42 Å². The Hall–Kier alpha value is 0.647. The van der Waals surface area contributed by atoms with Gasteiger partial charge < -0.3 is 4.43 Å². The normalized spacial score (nSPS) is 16.1. The number of halogens is 1. The van der Waals surface area contributed by atoms with E-state index in [-0.39, 0.29) is 5.60 Å². The van der Waals surface area contributed by atoms with Gasteiger partial charge in [-0.05, 0) is 42.0 Å². The van der Waals surface area contributed by atoms with Crippen molar-refractivity contribution < 1.29 is 4.43 Å². The van der Waals surface area contributed by atoms with Gasteiger partial charge in [0.2, 0.25) is 0 Å². The molecule has 108 valence electrons. The molecule has 0 unspecified atom stereocenters. The summed E-state index contributed by atoms with van der Waals surface area (Å²) in [5, 5.41) is 0. The fraction of sp³-hybridized carbons (Fsp3) is 0.867. The zero-order chi connectivity index (χ0) is 14.1. The summed E-state index contributed by atoms with van der Waals surface area (Å²) >= 11 is 2.31. The van der Waals surface area contributed by atoms with Crippen molar-refractivity contribution >= 4 is 30.9 Å². The smallest absolute Gasteiger partial charge is 0.192 e. The van der Waals surface area contributed by atoms with Crippen LogP contribution < -0.4 is 0 Å². The van der Waals surface area contributed by atoms with E-state index in [9.17, 15) is 0 Å². The van der Waals surface area contributed by atoms with E-state index < -0.39 is 8.32 Å². The van der Waals surface area contributed by atoms with Gasteiger partial charge in [-0.2, -0.15) is 0 Å². The Morgan fingerprint density at radius 3 is 2.06 bits per heavy atom. The van der Waals surface area contributed by atoms with Gasteiger partial charge in [-0.1, -0.05) is 69.2 Å². The van der Waals surface area contributed by atoms with Gasteiger partial charge in [0.1, 0.15) is 0 Å². The summed E-state index contributed by atoms with van der Waals surface area (Å²) in [6, 6.07) is 3.74. The van der Waals surface area contributed by atoms with Gasteiger partial charge in [0.25, 0.3) is 0 Å². The third-order valence-corrected chi connectivity index (χ3v) is 9.39. The van der Waals surface area contributed by atoms with Crippen molar-refractivity contribution in [2.24, 2.45) is 0 Å². The van der Waals surface area contributed by atoms with Crippen LogP contribution in [0.25, 0.3) is 0 Å². The molecule has 0 bridgehead atoms. The first-order valence-electron chi connectivity index (χ1n) is 7.46. The van der Waals surface area contributed by atoms with E-state index >= 15 is 0 Å². The maximum atomic E-state index is 6.76. The largest absolute Gasteiger partial charge is 0.411 e. The van der Waals surface area contributed by atoms with E-state index in [1.54, 1.807) is 0 Å². The van der Waals surface area contributed by atoms with Crippen molar-refractivity contribution in [2.75, 3.05) is 0 Å². The van der Waals surface area contributed by atoms with E-state index in [4.69, 9.17) is 4.43 Å². The average Bonchev–Trinajstić information content (AvgIpc) is 2.41. The summed E-state index contributed by atoms with van der Waals surface area (Å²) in [6.07, 6.45) is 7.04. The molecule has 0 amide bonds. The summed E-state index contributed by atoms with van der Waals surface area (Å²) in [7, 11) is -1.49. The highest BCUT2D eigenvalue weighted by atomic mass is 127. The summed E-state index contributed by atoms with van der Waals surface area (Å²) in [5.74, 6) is 0. The Morgan fingerprint density at radius 1 is 1.11 bits per heavy atom. The van der Waals surface area contributed by atoms with E-state index in [0.29, 0.717) is 0 Å². The minimum absolute atomic E-state index is 0.0614. The Morgan fingerprint density at radius 2 is 1.67 bits per heavy atom. The van der Waals surface area contributed by atoms with Crippen molar-refractivity contribution in [3.63, 3.8) is 0 Å². The van der Waals surface area contributed by atoms with Gasteiger partial charge in [0.15, 0.2) is 8.32 Å². The quantitative estimate of drug-likeness (QED) is 0.318. The zero-order valence-corrected chi connectivity index (χ0v) is 16.0. The molecule has 0 aliphatic rings. The highest BCUT2D eigenvalue weighted by molar-refractivity contribution is 14.1. The van der Waals surface area contributed by atoms with Crippen LogP contribution in [0.2, 0.25) is 18.1 Å². The molecule has 1 atom stereocenters. The van der Waals surface area contributed by atoms with Crippen LogP contribution >= 0.6 is 22.6 Å². The highest BCUT2D eigenvalue weighted by Crippen LogP contribution is 2.33. The van der Waals surface area contributed by atoms with Gasteiger partial charge >= 0.3 is 0 Å². The van der Waals surface area contributed by atoms with Gasteiger partial charge in [0.05, 0.1) is 5.60 Å². The molecule has 0 aromatic carbocycles. The lowest BCUT2D eigenvalue weighted by molar-refractivity contribution is 0.0667. The number of hydrogen-bond donors (Lipinski definition) is 0. The van der Waals surface area contributed by atoms with Gasteiger partial charge in [-0.25, -0.2) is 0 Å². The summed E-state index contributed by atoms with van der Waals surface area (Å²) < 4.78 is 8.89. The molecule has 0 rings (SSSR count). The maximum absolute atomic E-state index is 6.76. The van der Waals surface area contributed by atoms with E-state index in [1.165, 1.54) is 37.4 Å². The lowest BCUT2D eigenvalue weighted by atomic mass is 9.96. The number of rotatable bonds is 10. The SMILES string of the molecule is CCCC[C@@](C)(CC=CI)O[Si](CC)(CC)CC. The molecular formula is C15H31IOSi. The second kappa shape index (κ2) is 9.53. The first-order valence-corrected chi connectivity index (χ1v) is 11.2. The van der Waals surface area contributed by atoms with Crippen LogP contribution in [0.3, 0.4) is 0 Å². The van der Waals surface area contributed by atoms with Crippen molar-refractivity contribution in [1.82, 2.24) is 0 Å². The van der Waals surface area contributed by atoms with E-state index in [1.807, 2.05) is 0 Å².